The van der Waals surface area contributed by atoms with E-state index in [0.29, 0.717) is 43.5 Å². The quantitative estimate of drug-likeness (QED) is 0.731. The monoisotopic (exact) mass is 350 g/mol. The highest BCUT2D eigenvalue weighted by Crippen LogP contribution is 2.25. The molecule has 0 spiro atoms. The topological polar surface area (TPSA) is 69.6 Å². The molecule has 0 aromatic carbocycles. The number of carbonyl (C=O) groups excluding carboxylic acids is 1. The first-order valence-corrected chi connectivity index (χ1v) is 9.21. The lowest BCUT2D eigenvalue weighted by molar-refractivity contribution is 0.0941. The minimum atomic E-state index is -0.166. The minimum Gasteiger partial charge on any atom is -0.492 e. The molecule has 2 heterocycles. The second-order valence-electron chi connectivity index (χ2n) is 6.94. The standard InChI is InChI=1S/C19H30N2O4/c1-14(2)13-25-16-12-17(22)21-10-6-4-5-8-15(21)18(16)19(23)20-9-7-11-24-3/h12,14H,4-11,13H2,1-3H3,(H,20,23). The fourth-order valence-electron chi connectivity index (χ4n) is 3.04. The average Bonchev–Trinajstić information content (AvgIpc) is 2.83. The second kappa shape index (κ2) is 9.61. The van der Waals surface area contributed by atoms with E-state index >= 15 is 0 Å². The molecule has 1 amide bonds. The number of nitrogens with one attached hydrogen (secondary N) is 1. The van der Waals surface area contributed by atoms with Gasteiger partial charge >= 0.3 is 0 Å². The molecule has 0 unspecified atom stereocenters. The van der Waals surface area contributed by atoms with Crippen LogP contribution in [-0.2, 0) is 17.7 Å². The first-order chi connectivity index (χ1) is 12.0. The molecule has 6 heteroatoms. The number of hydrogen-bond acceptors (Lipinski definition) is 4. The summed E-state index contributed by atoms with van der Waals surface area (Å²) in [6, 6.07) is 1.47. The second-order valence-corrected chi connectivity index (χ2v) is 6.94. The molecule has 140 valence electrons. The Labute approximate surface area is 149 Å². The lowest BCUT2D eigenvalue weighted by Gasteiger charge is -2.19. The van der Waals surface area contributed by atoms with Crippen LogP contribution < -0.4 is 15.6 Å². The molecule has 0 bridgehead atoms. The third-order valence-electron chi connectivity index (χ3n) is 4.29. The predicted octanol–water partition coefficient (Wildman–Crippen LogP) is 2.38. The molecule has 1 aromatic heterocycles. The Balaban J connectivity index is 2.34. The number of pyridine rings is 1. The SMILES string of the molecule is COCCCNC(=O)c1c(OCC(C)C)cc(=O)n2c1CCCCC2. The van der Waals surface area contributed by atoms with Crippen LogP contribution >= 0.6 is 0 Å². The fourth-order valence-corrected chi connectivity index (χ4v) is 3.04. The summed E-state index contributed by atoms with van der Waals surface area (Å²) in [5.74, 6) is 0.566. The molecule has 0 fully saturated rings. The van der Waals surface area contributed by atoms with Gasteiger partial charge in [-0.1, -0.05) is 20.3 Å². The molecule has 0 saturated carbocycles. The van der Waals surface area contributed by atoms with Gasteiger partial charge < -0.3 is 19.4 Å². The summed E-state index contributed by atoms with van der Waals surface area (Å²) >= 11 is 0. The number of rotatable bonds is 8. The Morgan fingerprint density at radius 2 is 2.12 bits per heavy atom. The maximum atomic E-state index is 12.8. The van der Waals surface area contributed by atoms with Gasteiger partial charge in [-0.15, -0.1) is 0 Å². The molecule has 0 saturated heterocycles. The zero-order valence-corrected chi connectivity index (χ0v) is 15.6. The normalized spacial score (nSPS) is 14.1. The first-order valence-electron chi connectivity index (χ1n) is 9.21. The van der Waals surface area contributed by atoms with E-state index in [4.69, 9.17) is 9.47 Å². The molecule has 2 rings (SSSR count). The van der Waals surface area contributed by atoms with Crippen molar-refractivity contribution < 1.29 is 14.3 Å². The summed E-state index contributed by atoms with van der Waals surface area (Å²) < 4.78 is 12.6. The average molecular weight is 350 g/mol. The van der Waals surface area contributed by atoms with Crippen LogP contribution in [-0.4, -0.2) is 37.3 Å². The third-order valence-corrected chi connectivity index (χ3v) is 4.29. The van der Waals surface area contributed by atoms with Gasteiger partial charge in [0.15, 0.2) is 0 Å². The van der Waals surface area contributed by atoms with Crippen LogP contribution in [0.1, 0.15) is 55.6 Å². The Bertz CT molecular complexity index is 637. The molecule has 0 radical (unpaired) electrons. The Hall–Kier alpha value is -1.82. The van der Waals surface area contributed by atoms with Crippen LogP contribution in [0.5, 0.6) is 5.75 Å². The number of hydrogen-bond donors (Lipinski definition) is 1. The van der Waals surface area contributed by atoms with Gasteiger partial charge in [0.25, 0.3) is 11.5 Å². The fraction of sp³-hybridized carbons (Fsp3) is 0.684. The van der Waals surface area contributed by atoms with Gasteiger partial charge in [0.05, 0.1) is 6.61 Å². The van der Waals surface area contributed by atoms with Crippen molar-refractivity contribution in [2.24, 2.45) is 5.92 Å². The highest BCUT2D eigenvalue weighted by molar-refractivity contribution is 5.98. The molecule has 6 nitrogen and oxygen atoms in total. The van der Waals surface area contributed by atoms with Gasteiger partial charge in [0, 0.05) is 38.6 Å². The maximum Gasteiger partial charge on any atom is 0.256 e. The number of aromatic nitrogens is 1. The summed E-state index contributed by atoms with van der Waals surface area (Å²) in [6.07, 6.45) is 4.50. The van der Waals surface area contributed by atoms with Crippen LogP contribution in [0.2, 0.25) is 0 Å². The molecular weight excluding hydrogens is 320 g/mol. The molecule has 1 N–H and O–H groups in total. The van der Waals surface area contributed by atoms with Crippen LogP contribution in [0, 0.1) is 5.92 Å². The van der Waals surface area contributed by atoms with Gasteiger partial charge in [-0.25, -0.2) is 0 Å². The van der Waals surface area contributed by atoms with Gasteiger partial charge in [-0.3, -0.25) is 9.59 Å². The van der Waals surface area contributed by atoms with Crippen molar-refractivity contribution in [2.45, 2.75) is 52.5 Å². The first kappa shape index (κ1) is 19.5. The summed E-state index contributed by atoms with van der Waals surface area (Å²) in [6.45, 7) is 6.37. The predicted molar refractivity (Wildman–Crippen MR) is 97.4 cm³/mol. The van der Waals surface area contributed by atoms with Gasteiger partial charge in [0.2, 0.25) is 0 Å². The van der Waals surface area contributed by atoms with Crippen LogP contribution in [0.25, 0.3) is 0 Å². The maximum absolute atomic E-state index is 12.8. The molecule has 1 aliphatic heterocycles. The number of amides is 1. The number of carbonyl (C=O) groups is 1. The third kappa shape index (κ3) is 5.33. The van der Waals surface area contributed by atoms with E-state index < -0.39 is 0 Å². The smallest absolute Gasteiger partial charge is 0.256 e. The van der Waals surface area contributed by atoms with E-state index in [-0.39, 0.29) is 11.5 Å². The van der Waals surface area contributed by atoms with Crippen molar-refractivity contribution in [3.05, 3.63) is 27.7 Å². The highest BCUT2D eigenvalue weighted by Gasteiger charge is 2.23. The number of nitrogens with zero attached hydrogens (tertiary/aromatic N) is 1. The number of ether oxygens (including phenoxy) is 2. The van der Waals surface area contributed by atoms with Gasteiger partial charge in [-0.05, 0) is 31.6 Å². The van der Waals surface area contributed by atoms with Crippen molar-refractivity contribution in [2.75, 3.05) is 26.9 Å². The molecule has 1 aromatic rings. The van der Waals surface area contributed by atoms with E-state index in [1.54, 1.807) is 11.7 Å². The molecule has 1 aliphatic rings. The Morgan fingerprint density at radius 3 is 2.84 bits per heavy atom. The van der Waals surface area contributed by atoms with Gasteiger partial charge in [-0.2, -0.15) is 0 Å². The van der Waals surface area contributed by atoms with E-state index in [0.717, 1.165) is 37.8 Å². The van der Waals surface area contributed by atoms with Crippen molar-refractivity contribution >= 4 is 5.91 Å². The summed E-state index contributed by atoms with van der Waals surface area (Å²) in [7, 11) is 1.64. The van der Waals surface area contributed by atoms with Crippen LogP contribution in [0.3, 0.4) is 0 Å². The van der Waals surface area contributed by atoms with Crippen molar-refractivity contribution in [1.29, 1.82) is 0 Å². The summed E-state index contributed by atoms with van der Waals surface area (Å²) in [4.78, 5) is 25.3. The molecule has 0 atom stereocenters. The van der Waals surface area contributed by atoms with E-state index in [2.05, 4.69) is 5.32 Å². The summed E-state index contributed by atoms with van der Waals surface area (Å²) in [5.41, 5.74) is 1.26. The zero-order valence-electron chi connectivity index (χ0n) is 15.6. The largest absolute Gasteiger partial charge is 0.492 e. The number of methoxy groups -OCH3 is 1. The van der Waals surface area contributed by atoms with E-state index in [9.17, 15) is 9.59 Å². The lowest BCUT2D eigenvalue weighted by atomic mass is 10.1. The zero-order chi connectivity index (χ0) is 18.2. The Morgan fingerprint density at radius 1 is 1.32 bits per heavy atom. The molecular formula is C19H30N2O4. The van der Waals surface area contributed by atoms with E-state index in [1.165, 1.54) is 6.07 Å². The summed E-state index contributed by atoms with van der Waals surface area (Å²) in [5, 5.41) is 2.94. The number of fused-ring (bicyclic) bond motifs is 1. The van der Waals surface area contributed by atoms with Crippen LogP contribution in [0.15, 0.2) is 10.9 Å². The van der Waals surface area contributed by atoms with Crippen LogP contribution in [0.4, 0.5) is 0 Å². The van der Waals surface area contributed by atoms with E-state index in [1.807, 2.05) is 13.8 Å². The lowest BCUT2D eigenvalue weighted by Crippen LogP contribution is -2.32. The highest BCUT2D eigenvalue weighted by atomic mass is 16.5. The molecule has 25 heavy (non-hydrogen) atoms. The van der Waals surface area contributed by atoms with Gasteiger partial charge in [0.1, 0.15) is 11.3 Å². The van der Waals surface area contributed by atoms with Crippen molar-refractivity contribution in [3.8, 4) is 5.75 Å². The minimum absolute atomic E-state index is 0.0772. The van der Waals surface area contributed by atoms with Crippen molar-refractivity contribution in [1.82, 2.24) is 9.88 Å². The molecule has 0 aliphatic carbocycles. The van der Waals surface area contributed by atoms with Crippen molar-refractivity contribution in [3.63, 3.8) is 0 Å². The Kier molecular flexibility index (Phi) is 7.50.